The van der Waals surface area contributed by atoms with Crippen molar-refractivity contribution < 1.29 is 0 Å². The van der Waals surface area contributed by atoms with Crippen LogP contribution in [0.1, 0.15) is 0 Å². The zero-order valence-electron chi connectivity index (χ0n) is 25.3. The van der Waals surface area contributed by atoms with E-state index < -0.39 is 0 Å². The van der Waals surface area contributed by atoms with Crippen LogP contribution in [0.5, 0.6) is 0 Å². The van der Waals surface area contributed by atoms with Gasteiger partial charge in [-0.3, -0.25) is 0 Å². The Morgan fingerprint density at radius 1 is 0.217 bits per heavy atom. The molecule has 0 unspecified atom stereocenters. The maximum Gasteiger partial charge on any atom is -0.00206 e. The van der Waals surface area contributed by atoms with Gasteiger partial charge in [-0.05, 0) is 106 Å². The molecule has 214 valence electrons. The van der Waals surface area contributed by atoms with E-state index in [1.165, 1.54) is 87.6 Å². The maximum atomic E-state index is 2.36. The molecule has 0 heterocycles. The van der Waals surface area contributed by atoms with Gasteiger partial charge in [-0.2, -0.15) is 0 Å². The van der Waals surface area contributed by atoms with E-state index in [1.807, 2.05) is 0 Å². The first kappa shape index (κ1) is 26.4. The zero-order chi connectivity index (χ0) is 30.5. The summed E-state index contributed by atoms with van der Waals surface area (Å²) < 4.78 is 0. The Balaban J connectivity index is 1.18. The average Bonchev–Trinajstić information content (AvgIpc) is 3.14. The summed E-state index contributed by atoms with van der Waals surface area (Å²) in [5.74, 6) is 0. The maximum absolute atomic E-state index is 2.36. The fourth-order valence-corrected chi connectivity index (χ4v) is 7.16. The van der Waals surface area contributed by atoms with Crippen LogP contribution in [0.4, 0.5) is 0 Å². The third kappa shape index (κ3) is 4.47. The van der Waals surface area contributed by atoms with E-state index in [2.05, 4.69) is 182 Å². The van der Waals surface area contributed by atoms with Gasteiger partial charge in [0.2, 0.25) is 0 Å². The lowest BCUT2D eigenvalue weighted by Gasteiger charge is -2.17. The van der Waals surface area contributed by atoms with Crippen LogP contribution in [0.2, 0.25) is 0 Å². The Kier molecular flexibility index (Phi) is 6.25. The van der Waals surface area contributed by atoms with Crippen LogP contribution in [-0.4, -0.2) is 0 Å². The molecule has 0 radical (unpaired) electrons. The van der Waals surface area contributed by atoms with E-state index in [1.54, 1.807) is 0 Å². The van der Waals surface area contributed by atoms with E-state index in [0.717, 1.165) is 0 Å². The Bertz CT molecular complexity index is 2510. The van der Waals surface area contributed by atoms with E-state index in [9.17, 15) is 0 Å². The van der Waals surface area contributed by atoms with Crippen molar-refractivity contribution in [2.24, 2.45) is 0 Å². The van der Waals surface area contributed by atoms with E-state index >= 15 is 0 Å². The van der Waals surface area contributed by atoms with Crippen molar-refractivity contribution in [1.29, 1.82) is 0 Å². The van der Waals surface area contributed by atoms with Crippen molar-refractivity contribution >= 4 is 43.1 Å². The molecule has 0 fully saturated rings. The summed E-state index contributed by atoms with van der Waals surface area (Å²) in [6.07, 6.45) is 0. The van der Waals surface area contributed by atoms with Gasteiger partial charge in [0.05, 0.1) is 0 Å². The van der Waals surface area contributed by atoms with E-state index in [-0.39, 0.29) is 0 Å². The standard InChI is InChI=1S/C46H30/c1-3-11-32(12-4-1)43-16-9-17-45-42(26-27-44(46(43)45)33-13-5-2-6-14-33)39-23-25-41-38(30-39)21-20-37-29-36(22-24-40(37)41)35-19-18-31-10-7-8-15-34(31)28-35/h1-30H. The van der Waals surface area contributed by atoms with Gasteiger partial charge in [-0.15, -0.1) is 0 Å². The van der Waals surface area contributed by atoms with Gasteiger partial charge >= 0.3 is 0 Å². The lowest BCUT2D eigenvalue weighted by Crippen LogP contribution is -1.90. The molecule has 0 aliphatic carbocycles. The van der Waals surface area contributed by atoms with Gasteiger partial charge in [-0.25, -0.2) is 0 Å². The van der Waals surface area contributed by atoms with Crippen LogP contribution >= 0.6 is 0 Å². The molecular weight excluding hydrogens is 553 g/mol. The Hall–Kier alpha value is -5.98. The molecule has 0 saturated carbocycles. The predicted molar refractivity (Wildman–Crippen MR) is 198 cm³/mol. The number of rotatable bonds is 4. The molecule has 0 aromatic heterocycles. The van der Waals surface area contributed by atoms with Crippen molar-refractivity contribution in [2.45, 2.75) is 0 Å². The highest BCUT2D eigenvalue weighted by atomic mass is 14.2. The van der Waals surface area contributed by atoms with Gasteiger partial charge in [0.1, 0.15) is 0 Å². The highest BCUT2D eigenvalue weighted by Crippen LogP contribution is 2.42. The lowest BCUT2D eigenvalue weighted by atomic mass is 9.87. The molecule has 0 amide bonds. The summed E-state index contributed by atoms with van der Waals surface area (Å²) in [5.41, 5.74) is 9.95. The van der Waals surface area contributed by atoms with Crippen molar-refractivity contribution in [2.75, 3.05) is 0 Å². The van der Waals surface area contributed by atoms with Crippen molar-refractivity contribution in [1.82, 2.24) is 0 Å². The molecule has 9 rings (SSSR count). The highest BCUT2D eigenvalue weighted by molar-refractivity contribution is 6.14. The second-order valence-electron chi connectivity index (χ2n) is 12.1. The van der Waals surface area contributed by atoms with Gasteiger partial charge < -0.3 is 0 Å². The van der Waals surface area contributed by atoms with E-state index in [0.29, 0.717) is 0 Å². The van der Waals surface area contributed by atoms with Crippen LogP contribution < -0.4 is 0 Å². The molecule has 0 aliphatic rings. The largest absolute Gasteiger partial charge is 0.0622 e. The molecule has 9 aromatic carbocycles. The first-order valence-corrected chi connectivity index (χ1v) is 15.9. The third-order valence-corrected chi connectivity index (χ3v) is 9.44. The smallest absolute Gasteiger partial charge is 0.00206 e. The minimum atomic E-state index is 1.23. The summed E-state index contributed by atoms with van der Waals surface area (Å²) in [6.45, 7) is 0. The topological polar surface area (TPSA) is 0 Å². The quantitative estimate of drug-likeness (QED) is 0.181. The number of hydrogen-bond donors (Lipinski definition) is 0. The summed E-state index contributed by atoms with van der Waals surface area (Å²) >= 11 is 0. The molecule has 46 heavy (non-hydrogen) atoms. The molecule has 0 heteroatoms. The van der Waals surface area contributed by atoms with Crippen molar-refractivity contribution in [3.63, 3.8) is 0 Å². The van der Waals surface area contributed by atoms with Gasteiger partial charge in [0.25, 0.3) is 0 Å². The molecule has 9 aromatic rings. The Morgan fingerprint density at radius 3 is 1.41 bits per heavy atom. The van der Waals surface area contributed by atoms with Crippen LogP contribution in [0.15, 0.2) is 182 Å². The van der Waals surface area contributed by atoms with Gasteiger partial charge in [0, 0.05) is 0 Å². The Labute approximate surface area is 268 Å². The van der Waals surface area contributed by atoms with Crippen molar-refractivity contribution in [3.8, 4) is 44.5 Å². The monoisotopic (exact) mass is 582 g/mol. The Morgan fingerprint density at radius 2 is 0.717 bits per heavy atom. The summed E-state index contributed by atoms with van der Waals surface area (Å²) in [6, 6.07) is 66.5. The summed E-state index contributed by atoms with van der Waals surface area (Å²) in [5, 5.41) is 10.2. The molecule has 0 spiro atoms. The first-order chi connectivity index (χ1) is 22.8. The van der Waals surface area contributed by atoms with Gasteiger partial charge in [-0.1, -0.05) is 164 Å². The van der Waals surface area contributed by atoms with Crippen LogP contribution in [0, 0.1) is 0 Å². The van der Waals surface area contributed by atoms with E-state index in [4.69, 9.17) is 0 Å². The SMILES string of the molecule is c1ccc(-c2cccc3c(-c4ccc5c(ccc6cc(-c7ccc8ccccc8c7)ccc65)c4)ccc(-c4ccccc4)c23)cc1. The number of fused-ring (bicyclic) bond motifs is 5. The first-order valence-electron chi connectivity index (χ1n) is 15.9. The van der Waals surface area contributed by atoms with Crippen LogP contribution in [0.25, 0.3) is 87.6 Å². The number of hydrogen-bond acceptors (Lipinski definition) is 0. The lowest BCUT2D eigenvalue weighted by molar-refractivity contribution is 1.62. The second kappa shape index (κ2) is 10.9. The molecule has 0 aliphatic heterocycles. The fourth-order valence-electron chi connectivity index (χ4n) is 7.16. The molecule has 0 nitrogen and oxygen atoms in total. The molecule has 0 N–H and O–H groups in total. The highest BCUT2D eigenvalue weighted by Gasteiger charge is 2.15. The van der Waals surface area contributed by atoms with Crippen molar-refractivity contribution in [3.05, 3.63) is 182 Å². The summed E-state index contributed by atoms with van der Waals surface area (Å²) in [7, 11) is 0. The second-order valence-corrected chi connectivity index (χ2v) is 12.1. The molecular formula is C46H30. The predicted octanol–water partition coefficient (Wildman–Crippen LogP) is 13.0. The summed E-state index contributed by atoms with van der Waals surface area (Å²) in [4.78, 5) is 0. The fraction of sp³-hybridized carbons (Fsp3) is 0. The van der Waals surface area contributed by atoms with Gasteiger partial charge in [0.15, 0.2) is 0 Å². The molecule has 0 bridgehead atoms. The minimum Gasteiger partial charge on any atom is -0.0622 e. The molecule has 0 atom stereocenters. The van der Waals surface area contributed by atoms with Crippen LogP contribution in [0.3, 0.4) is 0 Å². The number of benzene rings is 9. The average molecular weight is 583 g/mol. The zero-order valence-corrected chi connectivity index (χ0v) is 25.3. The normalized spacial score (nSPS) is 11.5. The van der Waals surface area contributed by atoms with Crippen LogP contribution in [-0.2, 0) is 0 Å². The molecule has 0 saturated heterocycles. The third-order valence-electron chi connectivity index (χ3n) is 9.44. The minimum absolute atomic E-state index is 1.23.